The van der Waals surface area contributed by atoms with E-state index in [9.17, 15) is 0 Å². The Balaban J connectivity index is 3.05. The van der Waals surface area contributed by atoms with Crippen LogP contribution in [0.3, 0.4) is 0 Å². The van der Waals surface area contributed by atoms with Gasteiger partial charge in [-0.15, -0.1) is 0 Å². The fourth-order valence-electron chi connectivity index (χ4n) is 1.32. The van der Waals surface area contributed by atoms with Crippen molar-refractivity contribution >= 4 is 0 Å². The predicted octanol–water partition coefficient (Wildman–Crippen LogP) is 2.11. The van der Waals surface area contributed by atoms with E-state index >= 15 is 0 Å². The molecule has 0 aliphatic rings. The molecular weight excluding hydrogens is 188 g/mol. The Morgan fingerprint density at radius 1 is 1.27 bits per heavy atom. The van der Waals surface area contributed by atoms with Crippen molar-refractivity contribution in [2.45, 2.75) is 52.5 Å². The average Bonchev–Trinajstić information content (AvgIpc) is 2.21. The second kappa shape index (κ2) is 10.4. The van der Waals surface area contributed by atoms with Crippen LogP contribution < -0.4 is 11.1 Å². The average molecular weight is 216 g/mol. The second-order valence-electron chi connectivity index (χ2n) is 4.46. The molecule has 1 unspecified atom stereocenters. The summed E-state index contributed by atoms with van der Waals surface area (Å²) in [5, 5.41) is 3.26. The minimum Gasteiger partial charge on any atom is -0.366 e. The van der Waals surface area contributed by atoms with Gasteiger partial charge in [0.25, 0.3) is 0 Å². The number of nitrogens with two attached hydrogens (primary N) is 1. The molecule has 0 aliphatic heterocycles. The van der Waals surface area contributed by atoms with Crippen LogP contribution in [0.5, 0.6) is 0 Å². The van der Waals surface area contributed by atoms with Gasteiger partial charge in [0.05, 0.1) is 6.73 Å². The van der Waals surface area contributed by atoms with E-state index < -0.39 is 0 Å². The zero-order valence-corrected chi connectivity index (χ0v) is 10.6. The van der Waals surface area contributed by atoms with Gasteiger partial charge in [-0.05, 0) is 31.7 Å². The maximum absolute atomic E-state index is 5.95. The van der Waals surface area contributed by atoms with Gasteiger partial charge in [-0.1, -0.05) is 27.2 Å². The van der Waals surface area contributed by atoms with Crippen LogP contribution in [0.25, 0.3) is 0 Å². The lowest BCUT2D eigenvalue weighted by Crippen LogP contribution is -2.26. The molecule has 0 spiro atoms. The Labute approximate surface area is 94.8 Å². The fourth-order valence-corrected chi connectivity index (χ4v) is 1.32. The Bertz CT molecular complexity index is 129. The van der Waals surface area contributed by atoms with Crippen LogP contribution in [-0.2, 0) is 4.74 Å². The van der Waals surface area contributed by atoms with Crippen molar-refractivity contribution in [2.75, 3.05) is 19.9 Å². The number of hydrogen-bond donors (Lipinski definition) is 2. The van der Waals surface area contributed by atoms with Gasteiger partial charge < -0.3 is 10.5 Å². The van der Waals surface area contributed by atoms with Crippen LogP contribution in [0.2, 0.25) is 0 Å². The molecule has 0 fully saturated rings. The fraction of sp³-hybridized carbons (Fsp3) is 1.00. The minimum absolute atomic E-state index is 0.362. The zero-order chi connectivity index (χ0) is 11.5. The zero-order valence-electron chi connectivity index (χ0n) is 10.6. The first-order valence-electron chi connectivity index (χ1n) is 6.22. The first-order valence-corrected chi connectivity index (χ1v) is 6.22. The summed E-state index contributed by atoms with van der Waals surface area (Å²) in [4.78, 5) is 0. The van der Waals surface area contributed by atoms with Crippen LogP contribution in [-0.4, -0.2) is 25.9 Å². The van der Waals surface area contributed by atoms with Gasteiger partial charge in [-0.25, -0.2) is 0 Å². The highest BCUT2D eigenvalue weighted by molar-refractivity contribution is 4.64. The molecule has 3 heteroatoms. The van der Waals surface area contributed by atoms with Gasteiger partial charge in [0, 0.05) is 12.6 Å². The molecule has 0 aliphatic carbocycles. The van der Waals surface area contributed by atoms with Crippen molar-refractivity contribution in [1.82, 2.24) is 5.32 Å². The molecule has 92 valence electrons. The summed E-state index contributed by atoms with van der Waals surface area (Å²) in [5.41, 5.74) is 5.95. The molecular formula is C12H28N2O. The molecule has 3 nitrogen and oxygen atoms in total. The summed E-state index contributed by atoms with van der Waals surface area (Å²) in [6.45, 7) is 9.06. The van der Waals surface area contributed by atoms with Crippen molar-refractivity contribution in [3.05, 3.63) is 0 Å². The molecule has 0 rings (SSSR count). The van der Waals surface area contributed by atoms with Crippen molar-refractivity contribution < 1.29 is 4.74 Å². The van der Waals surface area contributed by atoms with Crippen molar-refractivity contribution in [1.29, 1.82) is 0 Å². The van der Waals surface area contributed by atoms with Crippen molar-refractivity contribution in [3.8, 4) is 0 Å². The highest BCUT2D eigenvalue weighted by atomic mass is 16.5. The van der Waals surface area contributed by atoms with E-state index in [4.69, 9.17) is 10.5 Å². The van der Waals surface area contributed by atoms with E-state index in [1.54, 1.807) is 0 Å². The quantitative estimate of drug-likeness (QED) is 0.434. The number of ether oxygens (including phenoxy) is 1. The molecule has 3 N–H and O–H groups in total. The van der Waals surface area contributed by atoms with Crippen LogP contribution in [0.15, 0.2) is 0 Å². The van der Waals surface area contributed by atoms with E-state index in [1.807, 2.05) is 0 Å². The van der Waals surface area contributed by atoms with Gasteiger partial charge in [0.1, 0.15) is 0 Å². The normalized spacial score (nSPS) is 13.4. The summed E-state index contributed by atoms with van der Waals surface area (Å²) in [6, 6.07) is 0.362. The van der Waals surface area contributed by atoms with Crippen molar-refractivity contribution in [2.24, 2.45) is 11.7 Å². The van der Waals surface area contributed by atoms with E-state index in [0.717, 1.165) is 26.0 Å². The largest absolute Gasteiger partial charge is 0.366 e. The Kier molecular flexibility index (Phi) is 10.3. The molecule has 0 saturated carbocycles. The Morgan fingerprint density at radius 2 is 2.00 bits per heavy atom. The van der Waals surface area contributed by atoms with Gasteiger partial charge >= 0.3 is 0 Å². The highest BCUT2D eigenvalue weighted by Crippen LogP contribution is 2.06. The molecule has 0 bridgehead atoms. The monoisotopic (exact) mass is 216 g/mol. The summed E-state index contributed by atoms with van der Waals surface area (Å²) in [7, 11) is 0. The topological polar surface area (TPSA) is 47.3 Å². The van der Waals surface area contributed by atoms with Gasteiger partial charge in [-0.3, -0.25) is 5.32 Å². The van der Waals surface area contributed by atoms with E-state index in [-0.39, 0.29) is 0 Å². The number of nitrogens with one attached hydrogen (secondary N) is 1. The van der Waals surface area contributed by atoms with Gasteiger partial charge in [0.15, 0.2) is 0 Å². The predicted molar refractivity (Wildman–Crippen MR) is 65.8 cm³/mol. The molecule has 1 atom stereocenters. The summed E-state index contributed by atoms with van der Waals surface area (Å²) in [5.74, 6) is 0.603. The standard InChI is InChI=1S/C12H28N2O/c1-4-9-15-10-14-8-6-5-7-12(13)11(2)3/h11-12,14H,4-10,13H2,1-3H3. The number of rotatable bonds is 10. The van der Waals surface area contributed by atoms with E-state index in [1.165, 1.54) is 12.8 Å². The lowest BCUT2D eigenvalue weighted by atomic mass is 9.99. The lowest BCUT2D eigenvalue weighted by molar-refractivity contribution is 0.117. The molecule has 0 heterocycles. The van der Waals surface area contributed by atoms with Crippen LogP contribution in [0.1, 0.15) is 46.5 Å². The van der Waals surface area contributed by atoms with E-state index in [0.29, 0.717) is 18.7 Å². The SMILES string of the molecule is CCCOCNCCCCC(N)C(C)C. The summed E-state index contributed by atoms with van der Waals surface area (Å²) >= 11 is 0. The molecule has 0 amide bonds. The molecule has 0 saturated heterocycles. The first-order chi connectivity index (χ1) is 7.18. The molecule has 0 aromatic carbocycles. The molecule has 0 aromatic rings. The van der Waals surface area contributed by atoms with Gasteiger partial charge in [0.2, 0.25) is 0 Å². The number of unbranched alkanes of at least 4 members (excludes halogenated alkanes) is 1. The van der Waals surface area contributed by atoms with E-state index in [2.05, 4.69) is 26.1 Å². The van der Waals surface area contributed by atoms with Crippen molar-refractivity contribution in [3.63, 3.8) is 0 Å². The summed E-state index contributed by atoms with van der Waals surface area (Å²) < 4.78 is 5.31. The van der Waals surface area contributed by atoms with Crippen LogP contribution in [0.4, 0.5) is 0 Å². The maximum atomic E-state index is 5.95. The smallest absolute Gasteiger partial charge is 0.0965 e. The third-order valence-corrected chi connectivity index (χ3v) is 2.55. The third kappa shape index (κ3) is 10.2. The first kappa shape index (κ1) is 14.9. The lowest BCUT2D eigenvalue weighted by Gasteiger charge is -2.15. The third-order valence-electron chi connectivity index (χ3n) is 2.55. The van der Waals surface area contributed by atoms with Gasteiger partial charge in [-0.2, -0.15) is 0 Å². The maximum Gasteiger partial charge on any atom is 0.0965 e. The minimum atomic E-state index is 0.362. The molecule has 15 heavy (non-hydrogen) atoms. The molecule has 0 radical (unpaired) electrons. The highest BCUT2D eigenvalue weighted by Gasteiger charge is 2.05. The molecule has 0 aromatic heterocycles. The summed E-state index contributed by atoms with van der Waals surface area (Å²) in [6.07, 6.45) is 4.62. The number of hydrogen-bond acceptors (Lipinski definition) is 3. The second-order valence-corrected chi connectivity index (χ2v) is 4.46. The Hall–Kier alpha value is -0.120. The Morgan fingerprint density at radius 3 is 2.60 bits per heavy atom. The van der Waals surface area contributed by atoms with Crippen LogP contribution in [0, 0.1) is 5.92 Å². The van der Waals surface area contributed by atoms with Crippen LogP contribution >= 0.6 is 0 Å².